The second-order valence-electron chi connectivity index (χ2n) is 8.93. The molecule has 0 fully saturated rings. The number of quaternary nitrogens is 1. The highest BCUT2D eigenvalue weighted by atomic mass is 79.9. The summed E-state index contributed by atoms with van der Waals surface area (Å²) in [5.41, 5.74) is 0. The smallest absolute Gasteiger partial charge is 0.305 e. The number of rotatable bonds is 22. The molecule has 0 rings (SSSR count). The highest BCUT2D eigenvalue weighted by Gasteiger charge is 2.21. The van der Waals surface area contributed by atoms with Crippen LogP contribution in [0.25, 0.3) is 0 Å². The molecule has 0 aromatic rings. The fourth-order valence-electron chi connectivity index (χ4n) is 4.38. The molecule has 0 radical (unpaired) electrons. The van der Waals surface area contributed by atoms with Crippen molar-refractivity contribution >= 4 is 5.97 Å². The number of carbonyl (C=O) groups excluding carboxylic acids is 1. The Kier molecular flexibility index (Phi) is 25.2. The van der Waals surface area contributed by atoms with Crippen molar-refractivity contribution in [3.63, 3.8) is 0 Å². The maximum Gasteiger partial charge on any atom is 0.305 e. The monoisotopic (exact) mass is 491 g/mol. The van der Waals surface area contributed by atoms with Crippen LogP contribution < -0.4 is 17.0 Å². The van der Waals surface area contributed by atoms with Crippen molar-refractivity contribution in [2.75, 3.05) is 32.8 Å². The van der Waals surface area contributed by atoms with Crippen molar-refractivity contribution in [1.82, 2.24) is 0 Å². The molecule has 0 bridgehead atoms. The Morgan fingerprint density at radius 2 is 1.00 bits per heavy atom. The standard InChI is InChI=1S/C26H54NO2.BrH/c1-5-9-10-11-12-13-14-15-16-17-18-21-24-27(6-2,7-3)25-22-19-20-23-26(28)29-8-4;/h5-25H2,1-4H3;1H/q+1;/p-1. The zero-order valence-electron chi connectivity index (χ0n) is 21.0. The van der Waals surface area contributed by atoms with E-state index in [1.54, 1.807) is 0 Å². The minimum atomic E-state index is -0.0317. The maximum atomic E-state index is 11.4. The van der Waals surface area contributed by atoms with Crippen LogP contribution in [0.3, 0.4) is 0 Å². The summed E-state index contributed by atoms with van der Waals surface area (Å²) in [6.07, 6.45) is 21.0. The number of halogens is 1. The van der Waals surface area contributed by atoms with Gasteiger partial charge in [-0.15, -0.1) is 0 Å². The molecule has 30 heavy (non-hydrogen) atoms. The first-order chi connectivity index (χ1) is 14.1. The SMILES string of the molecule is CCCCCCCCCCCCCC[N+](CC)(CC)CCCCCC(=O)OCC.[Br-]. The van der Waals surface area contributed by atoms with E-state index >= 15 is 0 Å². The number of hydrogen-bond acceptors (Lipinski definition) is 2. The van der Waals surface area contributed by atoms with Gasteiger partial charge in [0.2, 0.25) is 0 Å². The summed E-state index contributed by atoms with van der Waals surface area (Å²) in [5, 5.41) is 0. The van der Waals surface area contributed by atoms with Gasteiger partial charge in [-0.2, -0.15) is 0 Å². The highest BCUT2D eigenvalue weighted by molar-refractivity contribution is 5.69. The molecule has 0 aromatic carbocycles. The summed E-state index contributed by atoms with van der Waals surface area (Å²) in [4.78, 5) is 11.4. The number of ether oxygens (including phenoxy) is 1. The lowest BCUT2D eigenvalue weighted by atomic mass is 10.0. The molecule has 0 atom stereocenters. The van der Waals surface area contributed by atoms with Gasteiger partial charge in [0.25, 0.3) is 0 Å². The molecule has 3 nitrogen and oxygen atoms in total. The van der Waals surface area contributed by atoms with Crippen molar-refractivity contribution in [2.24, 2.45) is 0 Å². The fourth-order valence-corrected chi connectivity index (χ4v) is 4.38. The first kappa shape index (κ1) is 32.1. The van der Waals surface area contributed by atoms with Crippen LogP contribution in [-0.4, -0.2) is 43.2 Å². The van der Waals surface area contributed by atoms with Crippen molar-refractivity contribution < 1.29 is 31.0 Å². The molecule has 0 heterocycles. The first-order valence-electron chi connectivity index (χ1n) is 13.1. The van der Waals surface area contributed by atoms with Crippen LogP contribution in [0.2, 0.25) is 0 Å². The van der Waals surface area contributed by atoms with Crippen molar-refractivity contribution in [2.45, 2.75) is 130 Å². The Balaban J connectivity index is 0. The van der Waals surface area contributed by atoms with Gasteiger partial charge in [-0.25, -0.2) is 0 Å². The summed E-state index contributed by atoms with van der Waals surface area (Å²) >= 11 is 0. The molecule has 0 aliphatic heterocycles. The molecular weight excluding hydrogens is 438 g/mol. The average molecular weight is 493 g/mol. The van der Waals surface area contributed by atoms with Crippen LogP contribution >= 0.6 is 0 Å². The minimum Gasteiger partial charge on any atom is -1.00 e. The van der Waals surface area contributed by atoms with E-state index in [2.05, 4.69) is 20.8 Å². The third kappa shape index (κ3) is 18.7. The van der Waals surface area contributed by atoms with Crippen LogP contribution in [0.4, 0.5) is 0 Å². The Bertz CT molecular complexity index is 359. The zero-order valence-corrected chi connectivity index (χ0v) is 22.6. The molecule has 0 spiro atoms. The fraction of sp³-hybridized carbons (Fsp3) is 0.962. The molecule has 0 aliphatic rings. The van der Waals surface area contributed by atoms with E-state index in [1.165, 1.54) is 114 Å². The van der Waals surface area contributed by atoms with E-state index in [4.69, 9.17) is 4.74 Å². The number of unbranched alkanes of at least 4 members (excludes halogenated alkanes) is 13. The number of carbonyl (C=O) groups is 1. The summed E-state index contributed by atoms with van der Waals surface area (Å²) in [5.74, 6) is -0.0317. The van der Waals surface area contributed by atoms with Gasteiger partial charge >= 0.3 is 5.97 Å². The molecule has 0 saturated heterocycles. The molecular formula is C26H54BrNO2. The lowest BCUT2D eigenvalue weighted by Crippen LogP contribution is -3.00. The first-order valence-corrected chi connectivity index (χ1v) is 13.1. The Morgan fingerprint density at radius 3 is 1.40 bits per heavy atom. The van der Waals surface area contributed by atoms with Crippen LogP contribution in [0.5, 0.6) is 0 Å². The second kappa shape index (κ2) is 23.6. The van der Waals surface area contributed by atoms with E-state index in [9.17, 15) is 4.79 Å². The van der Waals surface area contributed by atoms with Crippen molar-refractivity contribution in [3.8, 4) is 0 Å². The van der Waals surface area contributed by atoms with Gasteiger partial charge in [0.05, 0.1) is 32.8 Å². The maximum absolute atomic E-state index is 11.4. The van der Waals surface area contributed by atoms with E-state index in [0.717, 1.165) is 12.8 Å². The molecule has 0 aliphatic carbocycles. The van der Waals surface area contributed by atoms with Gasteiger partial charge in [-0.1, -0.05) is 71.1 Å². The molecule has 0 amide bonds. The highest BCUT2D eigenvalue weighted by Crippen LogP contribution is 2.16. The molecule has 4 heteroatoms. The minimum absolute atomic E-state index is 0. The molecule has 0 unspecified atom stereocenters. The van der Waals surface area contributed by atoms with E-state index < -0.39 is 0 Å². The predicted octanol–water partition coefficient (Wildman–Crippen LogP) is 4.67. The zero-order chi connectivity index (χ0) is 21.6. The molecule has 0 saturated carbocycles. The lowest BCUT2D eigenvalue weighted by Gasteiger charge is -2.37. The van der Waals surface area contributed by atoms with Crippen LogP contribution in [0, 0.1) is 0 Å². The molecule has 182 valence electrons. The van der Waals surface area contributed by atoms with Gasteiger partial charge in [0, 0.05) is 6.42 Å². The number of nitrogens with zero attached hydrogens (tertiary/aromatic N) is 1. The molecule has 0 N–H and O–H groups in total. The van der Waals surface area contributed by atoms with Crippen molar-refractivity contribution in [1.29, 1.82) is 0 Å². The largest absolute Gasteiger partial charge is 1.00 e. The summed E-state index contributed by atoms with van der Waals surface area (Å²) in [6, 6.07) is 0. The van der Waals surface area contributed by atoms with Crippen LogP contribution in [0.1, 0.15) is 130 Å². The number of esters is 1. The summed E-state index contributed by atoms with van der Waals surface area (Å²) in [7, 11) is 0. The summed E-state index contributed by atoms with van der Waals surface area (Å²) in [6.45, 7) is 14.5. The van der Waals surface area contributed by atoms with Gasteiger partial charge in [0.1, 0.15) is 0 Å². The Hall–Kier alpha value is -0.0900. The van der Waals surface area contributed by atoms with Crippen molar-refractivity contribution in [3.05, 3.63) is 0 Å². The van der Waals surface area contributed by atoms with E-state index in [-0.39, 0.29) is 23.0 Å². The van der Waals surface area contributed by atoms with Gasteiger partial charge in [0.15, 0.2) is 0 Å². The van der Waals surface area contributed by atoms with E-state index in [0.29, 0.717) is 13.0 Å². The van der Waals surface area contributed by atoms with Gasteiger partial charge in [-0.3, -0.25) is 4.79 Å². The Labute approximate surface area is 200 Å². The third-order valence-corrected chi connectivity index (χ3v) is 6.65. The predicted molar refractivity (Wildman–Crippen MR) is 127 cm³/mol. The molecule has 0 aromatic heterocycles. The number of hydrogen-bond donors (Lipinski definition) is 0. The van der Waals surface area contributed by atoms with E-state index in [1.807, 2.05) is 6.92 Å². The van der Waals surface area contributed by atoms with Gasteiger partial charge in [-0.05, 0) is 52.9 Å². The quantitative estimate of drug-likeness (QED) is 0.125. The normalized spacial score (nSPS) is 11.3. The topological polar surface area (TPSA) is 26.3 Å². The third-order valence-electron chi connectivity index (χ3n) is 6.65. The van der Waals surface area contributed by atoms with Crippen LogP contribution in [-0.2, 0) is 9.53 Å². The Morgan fingerprint density at radius 1 is 0.600 bits per heavy atom. The average Bonchev–Trinajstić information content (AvgIpc) is 2.73. The second-order valence-corrected chi connectivity index (χ2v) is 8.93. The van der Waals surface area contributed by atoms with Gasteiger partial charge < -0.3 is 26.2 Å². The lowest BCUT2D eigenvalue weighted by molar-refractivity contribution is -0.925. The summed E-state index contributed by atoms with van der Waals surface area (Å²) < 4.78 is 6.28. The van der Waals surface area contributed by atoms with Crippen LogP contribution in [0.15, 0.2) is 0 Å².